The normalized spacial score (nSPS) is 16.6. The van der Waals surface area contributed by atoms with E-state index < -0.39 is 23.5 Å². The highest BCUT2D eigenvalue weighted by molar-refractivity contribution is 6.16. The summed E-state index contributed by atoms with van der Waals surface area (Å²) in [5.74, 6) is -1.09. The van der Waals surface area contributed by atoms with Gasteiger partial charge in [-0.1, -0.05) is 63.2 Å². The number of fused-ring (bicyclic) bond motifs is 1. The third-order valence-electron chi connectivity index (χ3n) is 6.20. The first-order valence-electron chi connectivity index (χ1n) is 11.1. The number of aliphatic hydroxyl groups is 1. The van der Waals surface area contributed by atoms with Crippen LogP contribution in [0, 0.1) is 0 Å². The van der Waals surface area contributed by atoms with Gasteiger partial charge < -0.3 is 18.8 Å². The second kappa shape index (κ2) is 8.06. The molecule has 1 N–H and O–H groups in total. The predicted molar refractivity (Wildman–Crippen MR) is 127 cm³/mol. The topological polar surface area (TPSA) is 83.9 Å². The maximum Gasteiger partial charge on any atom is 0.290 e. The SMILES string of the molecule is CC(C)(C)c1ccc(C2C(C(=O)c3cc4ccccc4o3)=C(O)C(=O)N2Cc2ccco2)cc1. The lowest BCUT2D eigenvalue weighted by molar-refractivity contribution is -0.130. The highest BCUT2D eigenvalue weighted by atomic mass is 16.3. The van der Waals surface area contributed by atoms with Gasteiger partial charge in [-0.25, -0.2) is 0 Å². The molecule has 1 aliphatic rings. The Labute approximate surface area is 197 Å². The quantitative estimate of drug-likeness (QED) is 0.368. The largest absolute Gasteiger partial charge is 0.503 e. The van der Waals surface area contributed by atoms with Crippen molar-refractivity contribution in [3.8, 4) is 0 Å². The van der Waals surface area contributed by atoms with Gasteiger partial charge in [0.1, 0.15) is 11.3 Å². The molecular weight excluding hydrogens is 430 g/mol. The number of hydrogen-bond donors (Lipinski definition) is 1. The Morgan fingerprint density at radius 2 is 1.76 bits per heavy atom. The molecule has 0 aliphatic carbocycles. The lowest BCUT2D eigenvalue weighted by atomic mass is 9.85. The number of benzene rings is 2. The van der Waals surface area contributed by atoms with Gasteiger partial charge in [0.05, 0.1) is 24.4 Å². The number of carbonyl (C=O) groups excluding carboxylic acids is 2. The summed E-state index contributed by atoms with van der Waals surface area (Å²) in [5, 5.41) is 11.6. The van der Waals surface area contributed by atoms with E-state index in [0.29, 0.717) is 11.3 Å². The zero-order chi connectivity index (χ0) is 24.0. The Balaban J connectivity index is 1.60. The maximum absolute atomic E-state index is 13.6. The van der Waals surface area contributed by atoms with Gasteiger partial charge in [0.15, 0.2) is 11.5 Å². The standard InChI is InChI=1S/C28H25NO5/c1-28(2,3)19-12-10-17(11-13-19)24-23(25(30)22-15-18-7-4-5-9-21(18)34-22)26(31)27(32)29(24)16-20-8-6-14-33-20/h4-15,24,31H,16H2,1-3H3. The summed E-state index contributed by atoms with van der Waals surface area (Å²) >= 11 is 0. The number of Topliss-reactive ketones (excluding diaryl/α,β-unsaturated/α-hetero) is 1. The second-order valence-electron chi connectivity index (χ2n) is 9.53. The molecule has 2 aromatic carbocycles. The fourth-order valence-corrected chi connectivity index (χ4v) is 4.36. The fraction of sp³-hybridized carbons (Fsp3) is 0.214. The highest BCUT2D eigenvalue weighted by Gasteiger charge is 2.45. The van der Waals surface area contributed by atoms with E-state index in [1.807, 2.05) is 42.5 Å². The molecule has 34 heavy (non-hydrogen) atoms. The van der Waals surface area contributed by atoms with Crippen molar-refractivity contribution in [3.63, 3.8) is 0 Å². The Bertz CT molecular complexity index is 1370. The third kappa shape index (κ3) is 3.71. The maximum atomic E-state index is 13.6. The van der Waals surface area contributed by atoms with Crippen LogP contribution in [0.3, 0.4) is 0 Å². The first kappa shape index (κ1) is 21.8. The average molecular weight is 456 g/mol. The van der Waals surface area contributed by atoms with Crippen LogP contribution in [0.15, 0.2) is 93.2 Å². The van der Waals surface area contributed by atoms with Crippen LogP contribution in [0.2, 0.25) is 0 Å². The monoisotopic (exact) mass is 455 g/mol. The molecule has 0 radical (unpaired) electrons. The van der Waals surface area contributed by atoms with Crippen molar-refractivity contribution in [2.24, 2.45) is 0 Å². The van der Waals surface area contributed by atoms with Crippen molar-refractivity contribution < 1.29 is 23.5 Å². The molecule has 0 fully saturated rings. The van der Waals surface area contributed by atoms with E-state index in [1.165, 1.54) is 11.2 Å². The molecule has 6 nitrogen and oxygen atoms in total. The molecule has 1 unspecified atom stereocenters. The van der Waals surface area contributed by atoms with Crippen LogP contribution in [0.25, 0.3) is 11.0 Å². The summed E-state index contributed by atoms with van der Waals surface area (Å²) in [4.78, 5) is 28.2. The van der Waals surface area contributed by atoms with Crippen LogP contribution in [-0.2, 0) is 16.8 Å². The van der Waals surface area contributed by atoms with Crippen LogP contribution >= 0.6 is 0 Å². The summed E-state index contributed by atoms with van der Waals surface area (Å²) in [5.41, 5.74) is 2.35. The lowest BCUT2D eigenvalue weighted by Crippen LogP contribution is -2.30. The molecule has 1 amide bonds. The number of amides is 1. The zero-order valence-electron chi connectivity index (χ0n) is 19.2. The molecule has 172 valence electrons. The first-order valence-corrected chi connectivity index (χ1v) is 11.1. The molecule has 0 spiro atoms. The zero-order valence-corrected chi connectivity index (χ0v) is 19.2. The number of ketones is 1. The van der Waals surface area contributed by atoms with E-state index in [9.17, 15) is 14.7 Å². The number of furan rings is 2. The molecular formula is C28H25NO5. The van der Waals surface area contributed by atoms with Crippen molar-refractivity contribution in [2.75, 3.05) is 0 Å². The van der Waals surface area contributed by atoms with Crippen LogP contribution in [0.1, 0.15) is 54.3 Å². The minimum absolute atomic E-state index is 0.000814. The molecule has 0 saturated heterocycles. The average Bonchev–Trinajstić information content (AvgIpc) is 3.53. The molecule has 0 bridgehead atoms. The van der Waals surface area contributed by atoms with Gasteiger partial charge in [0.25, 0.3) is 5.91 Å². The summed E-state index contributed by atoms with van der Waals surface area (Å²) in [6.07, 6.45) is 1.52. The van der Waals surface area contributed by atoms with Crippen LogP contribution in [0.5, 0.6) is 0 Å². The number of aliphatic hydroxyl groups excluding tert-OH is 1. The number of nitrogens with zero attached hydrogens (tertiary/aromatic N) is 1. The van der Waals surface area contributed by atoms with Crippen molar-refractivity contribution >= 4 is 22.7 Å². The molecule has 6 heteroatoms. The number of para-hydroxylation sites is 1. The Morgan fingerprint density at radius 3 is 2.41 bits per heavy atom. The van der Waals surface area contributed by atoms with E-state index in [0.717, 1.165) is 16.5 Å². The molecule has 4 aromatic rings. The van der Waals surface area contributed by atoms with Crippen molar-refractivity contribution in [2.45, 2.75) is 38.8 Å². The molecule has 1 atom stereocenters. The summed E-state index contributed by atoms with van der Waals surface area (Å²) in [7, 11) is 0. The Kier molecular flexibility index (Phi) is 5.16. The summed E-state index contributed by atoms with van der Waals surface area (Å²) in [6.45, 7) is 6.46. The number of hydrogen-bond acceptors (Lipinski definition) is 5. The van der Waals surface area contributed by atoms with E-state index in [2.05, 4.69) is 20.8 Å². The highest BCUT2D eigenvalue weighted by Crippen LogP contribution is 2.41. The lowest BCUT2D eigenvalue weighted by Gasteiger charge is -2.27. The number of carbonyl (C=O) groups is 2. The molecule has 1 aliphatic heterocycles. The van der Waals surface area contributed by atoms with Gasteiger partial charge in [-0.3, -0.25) is 9.59 Å². The van der Waals surface area contributed by atoms with E-state index in [4.69, 9.17) is 8.83 Å². The summed E-state index contributed by atoms with van der Waals surface area (Å²) in [6, 6.07) is 19.4. The van der Waals surface area contributed by atoms with Gasteiger partial charge in [-0.05, 0) is 40.8 Å². The van der Waals surface area contributed by atoms with Gasteiger partial charge in [-0.15, -0.1) is 0 Å². The third-order valence-corrected chi connectivity index (χ3v) is 6.20. The van der Waals surface area contributed by atoms with Gasteiger partial charge in [0.2, 0.25) is 5.78 Å². The Morgan fingerprint density at radius 1 is 1.03 bits per heavy atom. The smallest absolute Gasteiger partial charge is 0.290 e. The Hall–Kier alpha value is -4.06. The van der Waals surface area contributed by atoms with Crippen molar-refractivity contribution in [1.82, 2.24) is 4.90 Å². The van der Waals surface area contributed by atoms with E-state index >= 15 is 0 Å². The minimum atomic E-state index is -0.785. The second-order valence-corrected chi connectivity index (χ2v) is 9.53. The summed E-state index contributed by atoms with van der Waals surface area (Å²) < 4.78 is 11.2. The van der Waals surface area contributed by atoms with Crippen molar-refractivity contribution in [1.29, 1.82) is 0 Å². The predicted octanol–water partition coefficient (Wildman–Crippen LogP) is 6.10. The molecule has 0 saturated carbocycles. The fourth-order valence-electron chi connectivity index (χ4n) is 4.36. The van der Waals surface area contributed by atoms with E-state index in [1.54, 1.807) is 24.3 Å². The van der Waals surface area contributed by atoms with Crippen LogP contribution in [0.4, 0.5) is 0 Å². The number of rotatable bonds is 5. The van der Waals surface area contributed by atoms with Gasteiger partial charge in [-0.2, -0.15) is 0 Å². The molecule has 3 heterocycles. The molecule has 2 aromatic heterocycles. The minimum Gasteiger partial charge on any atom is -0.503 e. The van der Waals surface area contributed by atoms with Gasteiger partial charge >= 0.3 is 0 Å². The molecule has 5 rings (SSSR count). The van der Waals surface area contributed by atoms with Crippen LogP contribution in [-0.4, -0.2) is 21.7 Å². The van der Waals surface area contributed by atoms with Crippen molar-refractivity contribution in [3.05, 3.63) is 107 Å². The van der Waals surface area contributed by atoms with Crippen LogP contribution < -0.4 is 0 Å². The van der Waals surface area contributed by atoms with E-state index in [-0.39, 0.29) is 23.3 Å². The first-order chi connectivity index (χ1) is 16.2. The van der Waals surface area contributed by atoms with Gasteiger partial charge in [0, 0.05) is 5.39 Å².